The first-order valence-corrected chi connectivity index (χ1v) is 26.6. The lowest BCUT2D eigenvalue weighted by molar-refractivity contribution is -0.138. The molecule has 1 heterocycles. The average molecular weight is 1090 g/mol. The summed E-state index contributed by atoms with van der Waals surface area (Å²) >= 11 is 0. The maximum Gasteiger partial charge on any atom is 0.292 e. The summed E-state index contributed by atoms with van der Waals surface area (Å²) in [7, 11) is 3.82. The molecular weight excluding hydrogens is 1010 g/mol. The van der Waals surface area contributed by atoms with E-state index < -0.39 is 101 Å². The van der Waals surface area contributed by atoms with Gasteiger partial charge in [0, 0.05) is 39.8 Å². The van der Waals surface area contributed by atoms with Gasteiger partial charge in [0.15, 0.2) is 0 Å². The van der Waals surface area contributed by atoms with E-state index in [1.54, 1.807) is 39.8 Å². The number of tetrazole rings is 1. The van der Waals surface area contributed by atoms with Crippen molar-refractivity contribution in [2.75, 3.05) is 32.1 Å². The molecule has 0 saturated carbocycles. The van der Waals surface area contributed by atoms with Crippen LogP contribution in [0.2, 0.25) is 0 Å². The molecular formula is C53H87N15O10. The van der Waals surface area contributed by atoms with Crippen molar-refractivity contribution < 1.29 is 47.9 Å². The Hall–Kier alpha value is -7.47. The van der Waals surface area contributed by atoms with Gasteiger partial charge in [0.05, 0.1) is 5.69 Å². The number of nitrogens with one attached hydrogen (secondary N) is 9. The van der Waals surface area contributed by atoms with E-state index in [9.17, 15) is 47.9 Å². The van der Waals surface area contributed by atoms with Crippen molar-refractivity contribution in [3.05, 3.63) is 42.7 Å². The lowest BCUT2D eigenvalue weighted by atomic mass is 9.97. The molecule has 0 aliphatic heterocycles. The summed E-state index contributed by atoms with van der Waals surface area (Å²) in [5.41, 5.74) is 5.52. The zero-order valence-electron chi connectivity index (χ0n) is 47.8. The number of primary amides is 1. The highest BCUT2D eigenvalue weighted by atomic mass is 16.2. The summed E-state index contributed by atoms with van der Waals surface area (Å²) in [6.07, 6.45) is 3.10. The topological polar surface area (TPSA) is 352 Å². The van der Waals surface area contributed by atoms with E-state index in [1.807, 2.05) is 58.8 Å². The van der Waals surface area contributed by atoms with Crippen molar-refractivity contribution in [3.8, 4) is 5.69 Å². The molecule has 6 atom stereocenters. The van der Waals surface area contributed by atoms with Gasteiger partial charge in [0.1, 0.15) is 41.8 Å². The number of nitrogens with two attached hydrogens (primary N) is 1. The third-order valence-electron chi connectivity index (χ3n) is 12.3. The van der Waals surface area contributed by atoms with Crippen LogP contribution in [0.1, 0.15) is 138 Å². The number of nitrogens with zero attached hydrogens (tertiary/aromatic N) is 5. The van der Waals surface area contributed by atoms with Gasteiger partial charge in [0.25, 0.3) is 11.7 Å². The fraction of sp³-hybridized carbons (Fsp3) is 0.642. The second-order valence-corrected chi connectivity index (χ2v) is 21.7. The van der Waals surface area contributed by atoms with Crippen LogP contribution in [0.5, 0.6) is 0 Å². The summed E-state index contributed by atoms with van der Waals surface area (Å²) in [6.45, 7) is 22.1. The molecule has 0 fully saturated rings. The molecule has 2 aromatic rings. The van der Waals surface area contributed by atoms with E-state index in [1.165, 1.54) is 25.6 Å². The molecule has 10 amide bonds. The predicted octanol–water partition coefficient (Wildman–Crippen LogP) is 0.814. The van der Waals surface area contributed by atoms with Crippen LogP contribution in [-0.4, -0.2) is 148 Å². The zero-order valence-corrected chi connectivity index (χ0v) is 47.8. The molecule has 0 aliphatic carbocycles. The van der Waals surface area contributed by atoms with Crippen molar-refractivity contribution in [2.45, 2.75) is 169 Å². The van der Waals surface area contributed by atoms with E-state index in [0.29, 0.717) is 31.4 Å². The molecule has 0 radical (unpaired) electrons. The molecule has 2 rings (SSSR count). The Labute approximate surface area is 458 Å². The van der Waals surface area contributed by atoms with Gasteiger partial charge in [-0.15, -0.1) is 15.0 Å². The van der Waals surface area contributed by atoms with Gasteiger partial charge in [-0.3, -0.25) is 47.9 Å². The number of rotatable bonds is 34. The van der Waals surface area contributed by atoms with Crippen LogP contribution in [0.3, 0.4) is 0 Å². The van der Waals surface area contributed by atoms with Crippen LogP contribution in [0, 0.1) is 23.7 Å². The van der Waals surface area contributed by atoms with Gasteiger partial charge in [-0.1, -0.05) is 62.0 Å². The van der Waals surface area contributed by atoms with Gasteiger partial charge < -0.3 is 58.5 Å². The highest BCUT2D eigenvalue weighted by Crippen LogP contribution is 2.16. The minimum Gasteiger partial charge on any atom is -0.378 e. The largest absolute Gasteiger partial charge is 0.378 e. The molecule has 25 heteroatoms. The molecule has 25 nitrogen and oxygen atoms in total. The number of amides is 10. The van der Waals surface area contributed by atoms with Gasteiger partial charge >= 0.3 is 0 Å². The number of hydrogen-bond donors (Lipinski definition) is 10. The highest BCUT2D eigenvalue weighted by Gasteiger charge is 2.38. The first-order valence-electron chi connectivity index (χ1n) is 26.6. The fourth-order valence-corrected chi connectivity index (χ4v) is 7.90. The van der Waals surface area contributed by atoms with Crippen LogP contribution < -0.4 is 58.5 Å². The normalized spacial score (nSPS) is 13.7. The van der Waals surface area contributed by atoms with Gasteiger partial charge in [0.2, 0.25) is 53.2 Å². The number of unbranched alkanes of at least 4 members (excludes halogenated alkanes) is 2. The summed E-state index contributed by atoms with van der Waals surface area (Å²) in [5.74, 6) is -7.61. The van der Waals surface area contributed by atoms with E-state index in [-0.39, 0.29) is 68.3 Å². The number of anilines is 1. The minimum atomic E-state index is -1.69. The Bertz CT molecular complexity index is 2370. The van der Waals surface area contributed by atoms with Crippen LogP contribution in [0.15, 0.2) is 36.9 Å². The minimum absolute atomic E-state index is 0.0230. The Morgan fingerprint density at radius 3 is 1.58 bits per heavy atom. The molecule has 0 aliphatic rings. The van der Waals surface area contributed by atoms with Crippen molar-refractivity contribution in [2.24, 2.45) is 29.4 Å². The SMILES string of the molecule is C=CC(=O)NCCCCC(NC(=O)C(NC(C)=O)C(C)C)C(=O)NC(CC(C)C)C(=O)NC(C)(C)C(=O)NC(C(=O)NC(CCCCNC(=O)c1nnn(-c2ccc(N(C)C)cc2)n1)C(=O)NC(CC(C)C)C(N)=O)C(C)C. The first kappa shape index (κ1) is 66.6. The van der Waals surface area contributed by atoms with Crippen molar-refractivity contribution >= 4 is 64.8 Å². The molecule has 11 N–H and O–H groups in total. The average Bonchev–Trinajstić information content (AvgIpc) is 3.85. The third kappa shape index (κ3) is 23.0. The molecule has 1 aromatic heterocycles. The first-order chi connectivity index (χ1) is 36.5. The van der Waals surface area contributed by atoms with Gasteiger partial charge in [-0.25, -0.2) is 0 Å². The Morgan fingerprint density at radius 2 is 1.12 bits per heavy atom. The summed E-state index contributed by atoms with van der Waals surface area (Å²) in [5, 5.41) is 36.3. The standard InChI is InChI=1S/C53H87N15O10/c1-15-41(70)55-26-18-16-20-38(58-49(75)42(32(6)7)57-34(10)69)47(73)61-40(29-31(4)5)48(74)63-53(11,12)52(78)62-43(33(8)9)50(76)59-37(46(72)60-39(44(54)71)28-30(2)3)21-17-19-27-56-51(77)45-64-66-68(65-45)36-24-22-35(23-25-36)67(13)14/h15,22-25,30-33,37-40,42-43H,1,16-21,26-29H2,2-14H3,(H2,54,71)(H,55,70)(H,56,77)(H,57,69)(H,58,75)(H,59,76)(H,60,72)(H,61,73)(H,62,78)(H,63,74). The molecule has 0 spiro atoms. The summed E-state index contributed by atoms with van der Waals surface area (Å²) < 4.78 is 0. The molecule has 0 bridgehead atoms. The van der Waals surface area contributed by atoms with Crippen LogP contribution in [-0.2, 0) is 43.2 Å². The van der Waals surface area contributed by atoms with E-state index in [0.717, 1.165) is 11.8 Å². The maximum absolute atomic E-state index is 14.2. The summed E-state index contributed by atoms with van der Waals surface area (Å²) in [6, 6.07) is 0.485. The predicted molar refractivity (Wildman–Crippen MR) is 294 cm³/mol. The van der Waals surface area contributed by atoms with Crippen LogP contribution >= 0.6 is 0 Å². The van der Waals surface area contributed by atoms with Gasteiger partial charge in [-0.05, 0) is 124 Å². The zero-order chi connectivity index (χ0) is 59.0. The summed E-state index contributed by atoms with van der Waals surface area (Å²) in [4.78, 5) is 136. The smallest absolute Gasteiger partial charge is 0.292 e. The van der Waals surface area contributed by atoms with Crippen molar-refractivity contribution in [1.82, 2.24) is 68.1 Å². The highest BCUT2D eigenvalue weighted by molar-refractivity contribution is 5.99. The maximum atomic E-state index is 14.2. The molecule has 434 valence electrons. The number of carbonyl (C=O) groups is 10. The second-order valence-electron chi connectivity index (χ2n) is 21.7. The monoisotopic (exact) mass is 1090 g/mol. The Balaban J connectivity index is 2.26. The number of carbonyl (C=O) groups excluding carboxylic acids is 10. The van der Waals surface area contributed by atoms with Crippen molar-refractivity contribution in [3.63, 3.8) is 0 Å². The van der Waals surface area contributed by atoms with E-state index in [2.05, 4.69) is 69.8 Å². The third-order valence-corrected chi connectivity index (χ3v) is 12.3. The quantitative estimate of drug-likeness (QED) is 0.0343. The number of aromatic nitrogens is 4. The lowest BCUT2D eigenvalue weighted by Crippen LogP contribution is -2.64. The lowest BCUT2D eigenvalue weighted by Gasteiger charge is -2.32. The van der Waals surface area contributed by atoms with Crippen LogP contribution in [0.25, 0.3) is 5.69 Å². The second kappa shape index (κ2) is 32.3. The molecule has 6 unspecified atom stereocenters. The van der Waals surface area contributed by atoms with Crippen LogP contribution in [0.4, 0.5) is 5.69 Å². The molecule has 1 aromatic carbocycles. The molecule has 78 heavy (non-hydrogen) atoms. The number of benzene rings is 1. The van der Waals surface area contributed by atoms with Crippen molar-refractivity contribution in [1.29, 1.82) is 0 Å². The Kier molecular flexibility index (Phi) is 27.6. The fourth-order valence-electron chi connectivity index (χ4n) is 7.90. The molecule has 0 saturated heterocycles. The van der Waals surface area contributed by atoms with E-state index >= 15 is 0 Å². The van der Waals surface area contributed by atoms with E-state index in [4.69, 9.17) is 5.73 Å². The number of hydrogen-bond acceptors (Lipinski definition) is 14. The van der Waals surface area contributed by atoms with Gasteiger partial charge in [-0.2, -0.15) is 0 Å². The Morgan fingerprint density at radius 1 is 0.641 bits per heavy atom.